The van der Waals surface area contributed by atoms with E-state index in [-0.39, 0.29) is 49.2 Å². The van der Waals surface area contributed by atoms with Crippen LogP contribution in [0.4, 0.5) is 0 Å². The van der Waals surface area contributed by atoms with Crippen molar-refractivity contribution in [2.45, 2.75) is 191 Å². The summed E-state index contributed by atoms with van der Waals surface area (Å²) in [5.41, 5.74) is 7.28. The number of thioether (sulfide) groups is 1. The average Bonchev–Trinajstić information content (AvgIpc) is 0.845. The summed E-state index contributed by atoms with van der Waals surface area (Å²) in [5, 5.41) is 111. The number of hydrogen-bond donors (Lipinski definition) is 22. The number of aliphatic hydroxyl groups excluding tert-OH is 3. The van der Waals surface area contributed by atoms with Crippen LogP contribution < -0.4 is 74.9 Å². The molecule has 0 aliphatic heterocycles. The third-order valence-corrected chi connectivity index (χ3v) is 18.0. The maximum atomic E-state index is 14.5. The molecule has 16 atom stereocenters. The predicted octanol–water partition coefficient (Wildman–Crippen LogP) is -4.94. The number of aliphatic hydroxyl groups is 3. The van der Waals surface area contributed by atoms with E-state index in [9.17, 15) is 118 Å². The molecule has 0 unspecified atom stereocenters. The number of aromatic hydroxyl groups is 2. The van der Waals surface area contributed by atoms with Gasteiger partial charge in [0.2, 0.25) is 76.8 Å². The summed E-state index contributed by atoms with van der Waals surface area (Å²) in [6, 6.07) is -2.17. The predicted molar refractivity (Wildman–Crippen MR) is 394 cm³/mol. The first-order valence-electron chi connectivity index (χ1n) is 35.2. The zero-order valence-electron chi connectivity index (χ0n) is 62.0. The van der Waals surface area contributed by atoms with Gasteiger partial charge in [0.25, 0.3) is 0 Å². The zero-order chi connectivity index (χ0) is 82.6. The van der Waals surface area contributed by atoms with Crippen LogP contribution in [-0.2, 0) is 96.0 Å². The molecule has 0 aliphatic carbocycles. The largest absolute Gasteiger partial charge is 0.508 e. The van der Waals surface area contributed by atoms with Gasteiger partial charge in [0.15, 0.2) is 0 Å². The molecule has 0 fully saturated rings. The minimum Gasteiger partial charge on any atom is -0.508 e. The molecular weight excluding hydrogens is 1460 g/mol. The molecule has 0 saturated heterocycles. The molecule has 0 spiro atoms. The number of aliphatic carboxylic acids is 3. The molecule has 0 aliphatic rings. The van der Waals surface area contributed by atoms with Crippen molar-refractivity contribution in [3.8, 4) is 11.5 Å². The van der Waals surface area contributed by atoms with Crippen molar-refractivity contribution in [2.24, 2.45) is 17.6 Å². The molecule has 0 aromatic heterocycles. The second-order valence-electron chi connectivity index (χ2n) is 26.2. The lowest BCUT2D eigenvalue weighted by Gasteiger charge is -2.29. The van der Waals surface area contributed by atoms with Crippen molar-refractivity contribution in [2.75, 3.05) is 31.8 Å². The van der Waals surface area contributed by atoms with Gasteiger partial charge in [0.1, 0.15) is 84.0 Å². The monoisotopic (exact) mass is 1570 g/mol. The van der Waals surface area contributed by atoms with Crippen LogP contribution in [-0.4, -0.2) is 252 Å². The number of phenols is 2. The Labute approximate surface area is 637 Å². The Morgan fingerprint density at radius 1 is 0.409 bits per heavy atom. The highest BCUT2D eigenvalue weighted by Gasteiger charge is 2.39. The number of carbonyl (C=O) groups excluding carboxylic acids is 13. The molecule has 0 radical (unpaired) electrons. The highest BCUT2D eigenvalue weighted by Crippen LogP contribution is 2.17. The minimum absolute atomic E-state index is 0.0139. The van der Waals surface area contributed by atoms with Gasteiger partial charge in [0, 0.05) is 19.3 Å². The van der Waals surface area contributed by atoms with E-state index in [4.69, 9.17) is 5.73 Å². The van der Waals surface area contributed by atoms with Gasteiger partial charge in [-0.1, -0.05) is 95.1 Å². The lowest BCUT2D eigenvalue weighted by Crippen LogP contribution is -2.62. The lowest BCUT2D eigenvalue weighted by molar-refractivity contribution is -0.142. The Morgan fingerprint density at radius 3 is 1.26 bits per heavy atom. The van der Waals surface area contributed by atoms with Gasteiger partial charge in [-0.2, -0.15) is 11.8 Å². The number of hydrogen-bond acceptors (Lipinski definition) is 23. The van der Waals surface area contributed by atoms with E-state index in [1.165, 1.54) is 81.1 Å². The lowest BCUT2D eigenvalue weighted by atomic mass is 9.96. The van der Waals surface area contributed by atoms with E-state index in [1.54, 1.807) is 57.4 Å². The molecule has 110 heavy (non-hydrogen) atoms. The zero-order valence-corrected chi connectivity index (χ0v) is 62.8. The van der Waals surface area contributed by atoms with Gasteiger partial charge in [-0.3, -0.25) is 71.9 Å². The highest BCUT2D eigenvalue weighted by molar-refractivity contribution is 7.98. The smallest absolute Gasteiger partial charge is 0.326 e. The molecule has 0 heterocycles. The van der Waals surface area contributed by atoms with Crippen LogP contribution >= 0.6 is 11.8 Å². The van der Waals surface area contributed by atoms with Gasteiger partial charge in [0.05, 0.1) is 38.3 Å². The topological polar surface area (TPSA) is 617 Å². The Hall–Kier alpha value is -11.0. The number of nitrogens with one attached hydrogen (secondary N) is 13. The summed E-state index contributed by atoms with van der Waals surface area (Å²) in [7, 11) is 0. The average molecular weight is 1570 g/mol. The Morgan fingerprint density at radius 2 is 0.800 bits per heavy atom. The SMILES string of the molecule is CC[C@H](C)[C@H](NC(=O)[C@H](CO)NC(=O)[C@H](Cc1ccc(O)cc1)NC(=O)[C@H](CC(=O)O)NC(=O)[C@H](CO)NC(=O)[C@@H](NC(=O)[C@H](Cc1ccccc1)NC(=O)[C@@H](NC(=O)CNC(=O)[C@H](CCC(=O)O)NC(=O)[C@H](C)NC(=O)[C@@H](N)Cc1ccc(O)cc1)[C@@H](C)O)[C@@H](C)CC)C(=O)N[C@@H](C)C(=O)N[C@@H](CCSC)C(=O)O. The molecule has 3 aromatic carbocycles. The van der Waals surface area contributed by atoms with Gasteiger partial charge in [-0.15, -0.1) is 0 Å². The Balaban J connectivity index is 1.83. The summed E-state index contributed by atoms with van der Waals surface area (Å²) in [6.45, 7) is 6.68. The van der Waals surface area contributed by atoms with Crippen molar-refractivity contribution in [3.63, 3.8) is 0 Å². The van der Waals surface area contributed by atoms with Crippen LogP contribution in [0.2, 0.25) is 0 Å². The third-order valence-electron chi connectivity index (χ3n) is 17.4. The van der Waals surface area contributed by atoms with Gasteiger partial charge < -0.3 is 116 Å². The Kier molecular flexibility index (Phi) is 39.8. The molecule has 0 bridgehead atoms. The van der Waals surface area contributed by atoms with E-state index in [1.807, 2.05) is 0 Å². The van der Waals surface area contributed by atoms with Gasteiger partial charge in [-0.25, -0.2) is 4.79 Å². The summed E-state index contributed by atoms with van der Waals surface area (Å²) in [5.74, 6) is -19.9. The van der Waals surface area contributed by atoms with Crippen LogP contribution in [0, 0.1) is 11.8 Å². The first-order valence-corrected chi connectivity index (χ1v) is 36.6. The fraction of sp³-hybridized carbons (Fsp3) is 0.521. The molecule has 38 nitrogen and oxygen atoms in total. The minimum atomic E-state index is -2.12. The standard InChI is InChI=1S/C71H102N14O24S/c1-9-35(3)56(68(105)75-38(6)60(97)77-47(71(108)109)26-27-110-8)85-67(104)52(34-87)81-63(100)48(30-42-18-22-44(90)23-19-42)78-64(101)50(31-55(94)95)79-66(103)51(33-86)82-69(106)57(36(4)10-2)84-65(102)49(29-40-14-12-11-13-15-40)80-70(107)58(39(7)88)83-53(91)32-73-62(99)46(24-25-54(92)93)76-59(96)37(5)74-61(98)45(72)28-41-16-20-43(89)21-17-41/h11-23,35-39,45-52,56-58,86-90H,9-10,24-34,72H2,1-8H3,(H,73,99)(H,74,98)(H,75,105)(H,76,96)(H,77,97)(H,78,101)(H,79,103)(H,80,107)(H,81,100)(H,82,106)(H,83,91)(H,84,102)(H,85,104)(H,92,93)(H,94,95)(H,108,109)/t35-,36-,37-,38-,39+,45-,46-,47-,48-,49-,50-,51-,52-,56-,57-,58-/m0/s1. The fourth-order valence-corrected chi connectivity index (χ4v) is 10.9. The molecule has 0 saturated carbocycles. The summed E-state index contributed by atoms with van der Waals surface area (Å²) in [6.07, 6.45) is -2.67. The number of benzene rings is 3. The molecule has 3 aromatic rings. The van der Waals surface area contributed by atoms with Crippen LogP contribution in [0.1, 0.15) is 104 Å². The normalized spacial score (nSPS) is 15.4. The second-order valence-corrected chi connectivity index (χ2v) is 27.2. The highest BCUT2D eigenvalue weighted by atomic mass is 32.2. The van der Waals surface area contributed by atoms with Crippen molar-refractivity contribution in [1.82, 2.24) is 69.1 Å². The second kappa shape index (κ2) is 47.0. The van der Waals surface area contributed by atoms with Crippen LogP contribution in [0.5, 0.6) is 11.5 Å². The quantitative estimate of drug-likeness (QED) is 0.0252. The number of nitrogens with two attached hydrogens (primary N) is 1. The van der Waals surface area contributed by atoms with Crippen molar-refractivity contribution >= 4 is 106 Å². The van der Waals surface area contributed by atoms with Crippen molar-refractivity contribution in [1.29, 1.82) is 0 Å². The van der Waals surface area contributed by atoms with E-state index in [0.717, 1.165) is 6.92 Å². The summed E-state index contributed by atoms with van der Waals surface area (Å²) < 4.78 is 0. The van der Waals surface area contributed by atoms with Crippen molar-refractivity contribution in [3.05, 3.63) is 95.6 Å². The number of amides is 13. The number of carboxylic acid groups (broad SMARTS) is 3. The number of rotatable bonds is 48. The van der Waals surface area contributed by atoms with Crippen LogP contribution in [0.25, 0.3) is 0 Å². The van der Waals surface area contributed by atoms with Crippen LogP contribution in [0.15, 0.2) is 78.9 Å². The van der Waals surface area contributed by atoms with E-state index < -0.39 is 237 Å². The molecular formula is C71H102N14O24S. The number of carbonyl (C=O) groups is 16. The fourth-order valence-electron chi connectivity index (χ4n) is 10.4. The molecule has 606 valence electrons. The molecule has 13 amide bonds. The number of phenolic OH excluding ortho intramolecular Hbond substituents is 2. The number of carboxylic acids is 3. The van der Waals surface area contributed by atoms with Crippen molar-refractivity contribution < 1.29 is 118 Å². The molecule has 39 heteroatoms. The van der Waals surface area contributed by atoms with E-state index in [2.05, 4.69) is 69.1 Å². The van der Waals surface area contributed by atoms with E-state index >= 15 is 0 Å². The van der Waals surface area contributed by atoms with Crippen LogP contribution in [0.3, 0.4) is 0 Å². The maximum absolute atomic E-state index is 14.5. The molecule has 3 rings (SSSR count). The first kappa shape index (κ1) is 93.2. The molecule has 23 N–H and O–H groups in total. The van der Waals surface area contributed by atoms with Gasteiger partial charge in [-0.05, 0) is 105 Å². The first-order chi connectivity index (χ1) is 51.9. The Bertz CT molecular complexity index is 3650. The summed E-state index contributed by atoms with van der Waals surface area (Å²) in [4.78, 5) is 215. The third kappa shape index (κ3) is 32.0. The van der Waals surface area contributed by atoms with Gasteiger partial charge >= 0.3 is 17.9 Å². The summed E-state index contributed by atoms with van der Waals surface area (Å²) >= 11 is 1.35. The maximum Gasteiger partial charge on any atom is 0.326 e. The van der Waals surface area contributed by atoms with E-state index in [0.29, 0.717) is 16.9 Å².